The minimum atomic E-state index is 0.712. The quantitative estimate of drug-likeness (QED) is 0.598. The van der Waals surface area contributed by atoms with Crippen LogP contribution < -0.4 is 4.74 Å². The Balaban J connectivity index is 2.31. The van der Waals surface area contributed by atoms with Crippen molar-refractivity contribution in [3.05, 3.63) is 27.7 Å². The third-order valence-corrected chi connectivity index (χ3v) is 3.12. The summed E-state index contributed by atoms with van der Waals surface area (Å²) in [5, 5.41) is 0.712. The van der Waals surface area contributed by atoms with E-state index in [-0.39, 0.29) is 0 Å². The van der Waals surface area contributed by atoms with Crippen molar-refractivity contribution in [3.8, 4) is 5.75 Å². The van der Waals surface area contributed by atoms with Crippen LogP contribution in [0.4, 0.5) is 0 Å². The summed E-state index contributed by atoms with van der Waals surface area (Å²) in [5.41, 5.74) is 0. The number of ether oxygens (including phenoxy) is 1. The van der Waals surface area contributed by atoms with E-state index in [0.29, 0.717) is 5.02 Å². The van der Waals surface area contributed by atoms with Crippen LogP contribution in [0.5, 0.6) is 5.75 Å². The van der Waals surface area contributed by atoms with Crippen LogP contribution in [-0.4, -0.2) is 12.4 Å². The molecule has 84 valence electrons. The predicted octanol–water partition coefficient (Wildman–Crippen LogP) is 4.58. The lowest BCUT2D eigenvalue weighted by Gasteiger charge is -2.07. The van der Waals surface area contributed by atoms with Gasteiger partial charge in [-0.05, 0) is 59.1 Å². The van der Waals surface area contributed by atoms with Gasteiger partial charge in [-0.25, -0.2) is 0 Å². The minimum absolute atomic E-state index is 0.712. The van der Waals surface area contributed by atoms with Gasteiger partial charge in [0.25, 0.3) is 0 Å². The van der Waals surface area contributed by atoms with Crippen molar-refractivity contribution in [1.82, 2.24) is 0 Å². The molecule has 1 nitrogen and oxygen atoms in total. The standard InChI is InChI=1S/C11H14BrClOS/c12-10-8-9(13)4-5-11(10)14-6-2-1-3-7-15/h4-5,8,15H,1-3,6-7H2. The molecular weight excluding hydrogens is 296 g/mol. The SMILES string of the molecule is SCCCCCOc1ccc(Cl)cc1Br. The van der Waals surface area contributed by atoms with E-state index >= 15 is 0 Å². The van der Waals surface area contributed by atoms with Gasteiger partial charge in [0.15, 0.2) is 0 Å². The van der Waals surface area contributed by atoms with Crippen molar-refractivity contribution < 1.29 is 4.74 Å². The van der Waals surface area contributed by atoms with E-state index in [0.717, 1.165) is 41.8 Å². The second-order valence-electron chi connectivity index (χ2n) is 3.21. The summed E-state index contributed by atoms with van der Waals surface area (Å²) in [6, 6.07) is 5.55. The zero-order valence-electron chi connectivity index (χ0n) is 8.38. The van der Waals surface area contributed by atoms with E-state index in [4.69, 9.17) is 16.3 Å². The lowest BCUT2D eigenvalue weighted by Crippen LogP contribution is -1.97. The van der Waals surface area contributed by atoms with Crippen LogP contribution >= 0.6 is 40.2 Å². The third kappa shape index (κ3) is 5.14. The largest absolute Gasteiger partial charge is 0.492 e. The highest BCUT2D eigenvalue weighted by Gasteiger charge is 2.01. The molecule has 0 spiro atoms. The first-order chi connectivity index (χ1) is 7.24. The fourth-order valence-corrected chi connectivity index (χ4v) is 2.19. The molecule has 0 unspecified atom stereocenters. The maximum absolute atomic E-state index is 5.83. The second-order valence-corrected chi connectivity index (χ2v) is 4.95. The molecule has 0 N–H and O–H groups in total. The van der Waals surface area contributed by atoms with Crippen molar-refractivity contribution in [3.63, 3.8) is 0 Å². The molecule has 0 bridgehead atoms. The van der Waals surface area contributed by atoms with Gasteiger partial charge < -0.3 is 4.74 Å². The van der Waals surface area contributed by atoms with Crippen LogP contribution in [0.15, 0.2) is 22.7 Å². The van der Waals surface area contributed by atoms with Crippen LogP contribution in [-0.2, 0) is 0 Å². The number of unbranched alkanes of at least 4 members (excludes halogenated alkanes) is 2. The number of hydrogen-bond donors (Lipinski definition) is 1. The highest BCUT2D eigenvalue weighted by Crippen LogP contribution is 2.28. The summed E-state index contributed by atoms with van der Waals surface area (Å²) in [5.74, 6) is 1.80. The van der Waals surface area contributed by atoms with Crippen LogP contribution in [0, 0.1) is 0 Å². The minimum Gasteiger partial charge on any atom is -0.492 e. The Labute approximate surface area is 110 Å². The van der Waals surface area contributed by atoms with Gasteiger partial charge in [-0.3, -0.25) is 0 Å². The molecule has 0 saturated heterocycles. The molecule has 1 aromatic carbocycles. The molecule has 0 saturated carbocycles. The number of rotatable bonds is 6. The van der Waals surface area contributed by atoms with Crippen LogP contribution in [0.2, 0.25) is 5.02 Å². The number of hydrogen-bond acceptors (Lipinski definition) is 2. The number of thiol groups is 1. The van der Waals surface area contributed by atoms with Gasteiger partial charge in [-0.2, -0.15) is 12.6 Å². The number of benzene rings is 1. The van der Waals surface area contributed by atoms with Crippen LogP contribution in [0.3, 0.4) is 0 Å². The highest BCUT2D eigenvalue weighted by atomic mass is 79.9. The zero-order valence-corrected chi connectivity index (χ0v) is 11.6. The summed E-state index contributed by atoms with van der Waals surface area (Å²) >= 11 is 13.4. The first kappa shape index (κ1) is 13.2. The van der Waals surface area contributed by atoms with Crippen molar-refractivity contribution in [2.75, 3.05) is 12.4 Å². The zero-order chi connectivity index (χ0) is 11.1. The maximum Gasteiger partial charge on any atom is 0.133 e. The van der Waals surface area contributed by atoms with E-state index in [9.17, 15) is 0 Å². The van der Waals surface area contributed by atoms with Crippen molar-refractivity contribution >= 4 is 40.2 Å². The van der Waals surface area contributed by atoms with Crippen LogP contribution in [0.25, 0.3) is 0 Å². The Morgan fingerprint density at radius 2 is 2.07 bits per heavy atom. The van der Waals surface area contributed by atoms with Gasteiger partial charge in [-0.15, -0.1) is 0 Å². The van der Waals surface area contributed by atoms with Gasteiger partial charge in [0.2, 0.25) is 0 Å². The Kier molecular flexibility index (Phi) is 6.53. The summed E-state index contributed by atoms with van der Waals surface area (Å²) < 4.78 is 6.51. The molecular formula is C11H14BrClOS. The first-order valence-corrected chi connectivity index (χ1v) is 6.73. The van der Waals surface area contributed by atoms with Gasteiger partial charge >= 0.3 is 0 Å². The average Bonchev–Trinajstić information content (AvgIpc) is 2.20. The summed E-state index contributed by atoms with van der Waals surface area (Å²) in [6.45, 7) is 0.744. The highest BCUT2D eigenvalue weighted by molar-refractivity contribution is 9.10. The molecule has 4 heteroatoms. The molecule has 0 aliphatic carbocycles. The molecule has 0 aliphatic heterocycles. The lowest BCUT2D eigenvalue weighted by atomic mass is 10.3. The van der Waals surface area contributed by atoms with Gasteiger partial charge in [-0.1, -0.05) is 11.6 Å². The first-order valence-electron chi connectivity index (χ1n) is 4.93. The molecule has 1 rings (SSSR count). The molecule has 0 atom stereocenters. The summed E-state index contributed by atoms with van der Waals surface area (Å²) in [4.78, 5) is 0. The third-order valence-electron chi connectivity index (χ3n) is 1.95. The lowest BCUT2D eigenvalue weighted by molar-refractivity contribution is 0.304. The summed E-state index contributed by atoms with van der Waals surface area (Å²) in [6.07, 6.45) is 3.37. The molecule has 0 radical (unpaired) electrons. The van der Waals surface area contributed by atoms with Crippen LogP contribution in [0.1, 0.15) is 19.3 Å². The van der Waals surface area contributed by atoms with E-state index in [1.54, 1.807) is 0 Å². The maximum atomic E-state index is 5.83. The molecule has 0 heterocycles. The second kappa shape index (κ2) is 7.42. The van der Waals surface area contributed by atoms with E-state index < -0.39 is 0 Å². The van der Waals surface area contributed by atoms with E-state index in [2.05, 4.69) is 28.6 Å². The molecule has 0 aliphatic rings. The molecule has 0 amide bonds. The Bertz CT molecular complexity index is 307. The van der Waals surface area contributed by atoms with Gasteiger partial charge in [0.05, 0.1) is 11.1 Å². The van der Waals surface area contributed by atoms with E-state index in [1.165, 1.54) is 0 Å². The van der Waals surface area contributed by atoms with Gasteiger partial charge in [0, 0.05) is 5.02 Å². The number of halogens is 2. The molecule has 1 aromatic rings. The Morgan fingerprint density at radius 3 is 2.73 bits per heavy atom. The van der Waals surface area contributed by atoms with Crippen molar-refractivity contribution in [1.29, 1.82) is 0 Å². The molecule has 0 aromatic heterocycles. The fourth-order valence-electron chi connectivity index (χ4n) is 1.17. The predicted molar refractivity (Wildman–Crippen MR) is 72.4 cm³/mol. The smallest absolute Gasteiger partial charge is 0.133 e. The molecule has 15 heavy (non-hydrogen) atoms. The Hall–Kier alpha value is 0.140. The topological polar surface area (TPSA) is 9.23 Å². The van der Waals surface area contributed by atoms with Crippen molar-refractivity contribution in [2.45, 2.75) is 19.3 Å². The average molecular weight is 310 g/mol. The van der Waals surface area contributed by atoms with Crippen molar-refractivity contribution in [2.24, 2.45) is 0 Å². The molecule has 0 fully saturated rings. The van der Waals surface area contributed by atoms with E-state index in [1.807, 2.05) is 18.2 Å². The normalized spacial score (nSPS) is 10.3. The Morgan fingerprint density at radius 1 is 1.27 bits per heavy atom. The fraction of sp³-hybridized carbons (Fsp3) is 0.455. The van der Waals surface area contributed by atoms with Gasteiger partial charge in [0.1, 0.15) is 5.75 Å². The summed E-state index contributed by atoms with van der Waals surface area (Å²) in [7, 11) is 0. The monoisotopic (exact) mass is 308 g/mol.